The number of carbonyl (C=O) groups excluding carboxylic acids is 1. The molecule has 126 valence electrons. The van der Waals surface area contributed by atoms with Crippen molar-refractivity contribution in [3.63, 3.8) is 0 Å². The summed E-state index contributed by atoms with van der Waals surface area (Å²) in [5.74, 6) is 1.21. The summed E-state index contributed by atoms with van der Waals surface area (Å²) in [6, 6.07) is 11.8. The quantitative estimate of drug-likeness (QED) is 0.675. The van der Waals surface area contributed by atoms with Crippen LogP contribution >= 0.6 is 22.7 Å². The van der Waals surface area contributed by atoms with E-state index in [1.54, 1.807) is 22.7 Å². The number of hydrogen-bond acceptors (Lipinski definition) is 5. The van der Waals surface area contributed by atoms with E-state index >= 15 is 0 Å². The van der Waals surface area contributed by atoms with Crippen LogP contribution in [0.15, 0.2) is 47.2 Å². The highest BCUT2D eigenvalue weighted by Crippen LogP contribution is 2.42. The summed E-state index contributed by atoms with van der Waals surface area (Å²) in [7, 11) is 0. The Morgan fingerprint density at radius 2 is 2.04 bits per heavy atom. The molecule has 1 aromatic carbocycles. The molecule has 6 heteroatoms. The smallest absolute Gasteiger partial charge is 0.258 e. The van der Waals surface area contributed by atoms with Crippen LogP contribution in [0.4, 0.5) is 0 Å². The normalized spacial score (nSPS) is 18.2. The molecule has 4 heterocycles. The maximum absolute atomic E-state index is 13.4. The molecule has 1 atom stereocenters. The zero-order valence-corrected chi connectivity index (χ0v) is 14.9. The number of para-hydroxylation sites is 1. The van der Waals surface area contributed by atoms with E-state index in [4.69, 9.17) is 9.47 Å². The van der Waals surface area contributed by atoms with E-state index in [2.05, 4.69) is 22.9 Å². The third-order valence-electron chi connectivity index (χ3n) is 4.67. The Labute approximate surface area is 153 Å². The molecule has 0 spiro atoms. The van der Waals surface area contributed by atoms with Crippen LogP contribution in [0.2, 0.25) is 0 Å². The number of thiophene rings is 2. The molecular weight excluding hydrogens is 354 g/mol. The fraction of sp³-hybridized carbons (Fsp3) is 0.211. The summed E-state index contributed by atoms with van der Waals surface area (Å²) < 4.78 is 11.0. The van der Waals surface area contributed by atoms with Crippen molar-refractivity contribution in [3.05, 3.63) is 68.0 Å². The SMILES string of the molecule is O=C(c1cccc2c1OCO2)N1CCc2sccc2C1c1cccs1. The molecule has 2 aromatic heterocycles. The van der Waals surface area contributed by atoms with Crippen LogP contribution in [-0.4, -0.2) is 24.1 Å². The summed E-state index contributed by atoms with van der Waals surface area (Å²) >= 11 is 3.47. The molecule has 0 fully saturated rings. The molecule has 2 aliphatic rings. The fourth-order valence-electron chi connectivity index (χ4n) is 3.54. The number of hydrogen-bond donors (Lipinski definition) is 0. The number of nitrogens with zero attached hydrogens (tertiary/aromatic N) is 1. The van der Waals surface area contributed by atoms with Gasteiger partial charge in [-0.3, -0.25) is 4.79 Å². The molecule has 0 saturated heterocycles. The average molecular weight is 369 g/mol. The molecule has 0 saturated carbocycles. The van der Waals surface area contributed by atoms with Crippen LogP contribution in [0.3, 0.4) is 0 Å². The summed E-state index contributed by atoms with van der Waals surface area (Å²) in [5, 5.41) is 4.19. The minimum absolute atomic E-state index is 0.00222. The molecule has 0 radical (unpaired) electrons. The summed E-state index contributed by atoms with van der Waals surface area (Å²) in [5.41, 5.74) is 1.83. The van der Waals surface area contributed by atoms with Gasteiger partial charge in [-0.25, -0.2) is 0 Å². The van der Waals surface area contributed by atoms with E-state index in [1.165, 1.54) is 15.3 Å². The van der Waals surface area contributed by atoms with Gasteiger partial charge in [0, 0.05) is 16.3 Å². The van der Waals surface area contributed by atoms with E-state index in [-0.39, 0.29) is 18.7 Å². The fourth-order valence-corrected chi connectivity index (χ4v) is 5.30. The van der Waals surface area contributed by atoms with E-state index in [1.807, 2.05) is 29.2 Å². The van der Waals surface area contributed by atoms with Crippen molar-refractivity contribution in [2.24, 2.45) is 0 Å². The van der Waals surface area contributed by atoms with Crippen molar-refractivity contribution in [2.45, 2.75) is 12.5 Å². The third-order valence-corrected chi connectivity index (χ3v) is 6.59. The summed E-state index contributed by atoms with van der Waals surface area (Å²) in [6.45, 7) is 0.877. The van der Waals surface area contributed by atoms with E-state index in [0.717, 1.165) is 6.42 Å². The maximum Gasteiger partial charge on any atom is 0.258 e. The zero-order chi connectivity index (χ0) is 16.8. The highest BCUT2D eigenvalue weighted by Gasteiger charge is 2.35. The topological polar surface area (TPSA) is 38.8 Å². The second-order valence-electron chi connectivity index (χ2n) is 6.00. The minimum atomic E-state index is -0.0272. The number of carbonyl (C=O) groups is 1. The monoisotopic (exact) mass is 369 g/mol. The van der Waals surface area contributed by atoms with Crippen LogP contribution < -0.4 is 9.47 Å². The molecule has 0 N–H and O–H groups in total. The molecule has 0 aliphatic carbocycles. The van der Waals surface area contributed by atoms with Crippen molar-refractivity contribution in [3.8, 4) is 11.5 Å². The molecule has 4 nitrogen and oxygen atoms in total. The number of rotatable bonds is 2. The van der Waals surface area contributed by atoms with Gasteiger partial charge in [0.1, 0.15) is 0 Å². The van der Waals surface area contributed by atoms with Gasteiger partial charge in [-0.05, 0) is 47.0 Å². The Bertz CT molecular complexity index is 932. The molecule has 1 amide bonds. The lowest BCUT2D eigenvalue weighted by Gasteiger charge is -2.35. The first-order chi connectivity index (χ1) is 12.3. The Balaban J connectivity index is 1.59. The van der Waals surface area contributed by atoms with Gasteiger partial charge in [-0.1, -0.05) is 12.1 Å². The highest BCUT2D eigenvalue weighted by atomic mass is 32.1. The Kier molecular flexibility index (Phi) is 3.53. The lowest BCUT2D eigenvalue weighted by Crippen LogP contribution is -2.39. The predicted molar refractivity (Wildman–Crippen MR) is 97.8 cm³/mol. The second kappa shape index (κ2) is 5.89. The Morgan fingerprint density at radius 3 is 2.92 bits per heavy atom. The summed E-state index contributed by atoms with van der Waals surface area (Å²) in [6.07, 6.45) is 0.896. The molecule has 3 aromatic rings. The number of ether oxygens (including phenoxy) is 2. The lowest BCUT2D eigenvalue weighted by molar-refractivity contribution is 0.0694. The first kappa shape index (κ1) is 15.0. The van der Waals surface area contributed by atoms with Gasteiger partial charge in [0.15, 0.2) is 11.5 Å². The van der Waals surface area contributed by atoms with Gasteiger partial charge in [-0.15, -0.1) is 22.7 Å². The predicted octanol–water partition coefficient (Wildman–Crippen LogP) is 4.33. The van der Waals surface area contributed by atoms with Crippen molar-refractivity contribution in [1.29, 1.82) is 0 Å². The first-order valence-electron chi connectivity index (χ1n) is 8.12. The number of fused-ring (bicyclic) bond motifs is 2. The van der Waals surface area contributed by atoms with Gasteiger partial charge < -0.3 is 14.4 Å². The molecule has 1 unspecified atom stereocenters. The minimum Gasteiger partial charge on any atom is -0.454 e. The van der Waals surface area contributed by atoms with Crippen molar-refractivity contribution in [2.75, 3.05) is 13.3 Å². The standard InChI is InChI=1S/C19H15NO3S2/c21-19(13-3-1-4-14-18(13)23-11-22-14)20-8-6-15-12(7-10-25-15)17(20)16-5-2-9-24-16/h1-5,7,9-10,17H,6,8,11H2. The first-order valence-corrected chi connectivity index (χ1v) is 9.88. The van der Waals surface area contributed by atoms with Gasteiger partial charge in [0.05, 0.1) is 11.6 Å². The second-order valence-corrected chi connectivity index (χ2v) is 7.98. The molecule has 0 bridgehead atoms. The van der Waals surface area contributed by atoms with Crippen LogP contribution in [0.5, 0.6) is 11.5 Å². The molecule has 5 rings (SSSR count). The van der Waals surface area contributed by atoms with E-state index < -0.39 is 0 Å². The van der Waals surface area contributed by atoms with Crippen molar-refractivity contribution < 1.29 is 14.3 Å². The van der Waals surface area contributed by atoms with E-state index in [9.17, 15) is 4.79 Å². The van der Waals surface area contributed by atoms with Gasteiger partial charge in [0.2, 0.25) is 6.79 Å². The summed E-state index contributed by atoms with van der Waals surface area (Å²) in [4.78, 5) is 17.9. The van der Waals surface area contributed by atoms with E-state index in [0.29, 0.717) is 23.6 Å². The Morgan fingerprint density at radius 1 is 1.08 bits per heavy atom. The van der Waals surface area contributed by atoms with Crippen LogP contribution in [0, 0.1) is 0 Å². The maximum atomic E-state index is 13.4. The lowest BCUT2D eigenvalue weighted by atomic mass is 9.97. The number of amides is 1. The van der Waals surface area contributed by atoms with Crippen LogP contribution in [-0.2, 0) is 6.42 Å². The van der Waals surface area contributed by atoms with Gasteiger partial charge in [0.25, 0.3) is 5.91 Å². The van der Waals surface area contributed by atoms with Gasteiger partial charge in [-0.2, -0.15) is 0 Å². The molecule has 25 heavy (non-hydrogen) atoms. The molecule has 2 aliphatic heterocycles. The molecular formula is C19H15NO3S2. The third kappa shape index (κ3) is 2.36. The van der Waals surface area contributed by atoms with Crippen LogP contribution in [0.25, 0.3) is 0 Å². The Hall–Kier alpha value is -2.31. The van der Waals surface area contributed by atoms with Crippen molar-refractivity contribution in [1.82, 2.24) is 4.90 Å². The number of benzene rings is 1. The van der Waals surface area contributed by atoms with Crippen LogP contribution in [0.1, 0.15) is 31.7 Å². The van der Waals surface area contributed by atoms with Crippen molar-refractivity contribution >= 4 is 28.6 Å². The average Bonchev–Trinajstić information content (AvgIpc) is 3.40. The zero-order valence-electron chi connectivity index (χ0n) is 13.3. The van der Waals surface area contributed by atoms with Gasteiger partial charge >= 0.3 is 0 Å². The highest BCUT2D eigenvalue weighted by molar-refractivity contribution is 7.10. The largest absolute Gasteiger partial charge is 0.454 e.